The van der Waals surface area contributed by atoms with Gasteiger partial charge in [-0.2, -0.15) is 0 Å². The summed E-state index contributed by atoms with van der Waals surface area (Å²) in [6, 6.07) is 16.0. The molecule has 2 aromatic carbocycles. The smallest absolute Gasteiger partial charge is 0.230 e. The number of para-hydroxylation sites is 1. The second-order valence-electron chi connectivity index (χ2n) is 7.68. The number of nitrogens with one attached hydrogen (secondary N) is 1. The molecule has 2 heterocycles. The van der Waals surface area contributed by atoms with Crippen LogP contribution in [0.2, 0.25) is 0 Å². The van der Waals surface area contributed by atoms with Crippen molar-refractivity contribution >= 4 is 28.6 Å². The minimum absolute atomic E-state index is 0.0625. The predicted molar refractivity (Wildman–Crippen MR) is 123 cm³/mol. The number of carbonyl (C=O) groups excluding carboxylic acids is 1. The molecule has 1 unspecified atom stereocenters. The summed E-state index contributed by atoms with van der Waals surface area (Å²) < 4.78 is 5.70. The number of aromatic nitrogens is 1. The first-order valence-electron chi connectivity index (χ1n) is 10.4. The lowest BCUT2D eigenvalue weighted by molar-refractivity contribution is -0.115. The van der Waals surface area contributed by atoms with Crippen LogP contribution in [0.3, 0.4) is 0 Å². The number of nitrogens with zero attached hydrogens (tertiary/aromatic N) is 2. The molecule has 0 radical (unpaired) electrons. The summed E-state index contributed by atoms with van der Waals surface area (Å²) in [6.07, 6.45) is 1.49. The quantitative estimate of drug-likeness (QED) is 0.567. The number of benzene rings is 2. The lowest BCUT2D eigenvalue weighted by Gasteiger charge is -2.18. The molecule has 0 aliphatic carbocycles. The molecule has 1 amide bonds. The predicted octanol–water partition coefficient (Wildman–Crippen LogP) is 5.24. The molecule has 1 N–H and O–H groups in total. The Kier molecular flexibility index (Phi) is 6.33. The van der Waals surface area contributed by atoms with Crippen LogP contribution < -0.4 is 15.0 Å². The number of thiazole rings is 1. The number of ether oxygens (including phenoxy) is 1. The first-order chi connectivity index (χ1) is 14.6. The molecule has 4 rings (SSSR count). The van der Waals surface area contributed by atoms with Gasteiger partial charge in [-0.3, -0.25) is 4.79 Å². The molecule has 5 nitrogen and oxygen atoms in total. The normalized spacial score (nSPS) is 15.9. The first kappa shape index (κ1) is 20.4. The molecule has 0 saturated carbocycles. The van der Waals surface area contributed by atoms with E-state index in [0.717, 1.165) is 46.7 Å². The minimum atomic E-state index is -0.0625. The molecule has 156 valence electrons. The van der Waals surface area contributed by atoms with Crippen LogP contribution in [0.15, 0.2) is 53.9 Å². The van der Waals surface area contributed by atoms with E-state index in [1.165, 1.54) is 23.4 Å². The first-order valence-corrected chi connectivity index (χ1v) is 11.3. The summed E-state index contributed by atoms with van der Waals surface area (Å²) in [5, 5.41) is 5.79. The Morgan fingerprint density at radius 1 is 1.23 bits per heavy atom. The van der Waals surface area contributed by atoms with Crippen molar-refractivity contribution in [1.29, 1.82) is 0 Å². The van der Waals surface area contributed by atoms with E-state index in [9.17, 15) is 4.79 Å². The van der Waals surface area contributed by atoms with Gasteiger partial charge in [-0.05, 0) is 55.7 Å². The number of carbonyl (C=O) groups is 1. The summed E-state index contributed by atoms with van der Waals surface area (Å²) in [4.78, 5) is 19.5. The molecule has 6 heteroatoms. The number of hydrogen-bond acceptors (Lipinski definition) is 5. The third kappa shape index (κ3) is 4.82. The lowest BCUT2D eigenvalue weighted by atomic mass is 10.2. The van der Waals surface area contributed by atoms with Gasteiger partial charge in [0.05, 0.1) is 24.3 Å². The van der Waals surface area contributed by atoms with Crippen LogP contribution in [-0.4, -0.2) is 30.6 Å². The van der Waals surface area contributed by atoms with Gasteiger partial charge in [0.25, 0.3) is 0 Å². The molecular formula is C24H27N3O2S. The Labute approximate surface area is 181 Å². The second-order valence-corrected chi connectivity index (χ2v) is 8.54. The van der Waals surface area contributed by atoms with Gasteiger partial charge in [0.2, 0.25) is 5.91 Å². The average molecular weight is 422 g/mol. The highest BCUT2D eigenvalue weighted by atomic mass is 32.1. The van der Waals surface area contributed by atoms with Crippen molar-refractivity contribution in [1.82, 2.24) is 4.98 Å². The fourth-order valence-corrected chi connectivity index (χ4v) is 4.58. The standard InChI is InChI=1S/C24H27N3O2S/c1-3-29-22-7-5-4-6-21(22)24-26-19(16-30-24)14-23(28)25-18-8-10-20(11-9-18)27-13-12-17(2)15-27/h4-11,16-17H,3,12-15H2,1-2H3,(H,25,28). The lowest BCUT2D eigenvalue weighted by Crippen LogP contribution is -2.19. The van der Waals surface area contributed by atoms with Crippen molar-refractivity contribution in [2.45, 2.75) is 26.7 Å². The maximum atomic E-state index is 12.5. The SMILES string of the molecule is CCOc1ccccc1-c1nc(CC(=O)Nc2ccc(N3CCC(C)C3)cc2)cs1. The Hall–Kier alpha value is -2.86. The molecule has 1 aliphatic heterocycles. The van der Waals surface area contributed by atoms with E-state index in [2.05, 4.69) is 34.3 Å². The molecule has 1 aromatic heterocycles. The van der Waals surface area contributed by atoms with E-state index in [1.807, 2.05) is 48.7 Å². The van der Waals surface area contributed by atoms with E-state index >= 15 is 0 Å². The maximum Gasteiger partial charge on any atom is 0.230 e. The topological polar surface area (TPSA) is 54.5 Å². The van der Waals surface area contributed by atoms with E-state index in [-0.39, 0.29) is 12.3 Å². The van der Waals surface area contributed by atoms with Crippen LogP contribution in [0.4, 0.5) is 11.4 Å². The summed E-state index contributed by atoms with van der Waals surface area (Å²) in [6.45, 7) is 7.06. The largest absolute Gasteiger partial charge is 0.493 e. The molecule has 1 aliphatic rings. The average Bonchev–Trinajstić information content (AvgIpc) is 3.38. The van der Waals surface area contributed by atoms with Crippen LogP contribution in [0.1, 0.15) is 26.0 Å². The molecule has 0 spiro atoms. The highest BCUT2D eigenvalue weighted by molar-refractivity contribution is 7.13. The Morgan fingerprint density at radius 3 is 2.77 bits per heavy atom. The van der Waals surface area contributed by atoms with Gasteiger partial charge in [-0.1, -0.05) is 19.1 Å². The summed E-state index contributed by atoms with van der Waals surface area (Å²) in [5.41, 5.74) is 3.76. The molecule has 0 bridgehead atoms. The Morgan fingerprint density at radius 2 is 2.03 bits per heavy atom. The van der Waals surface area contributed by atoms with Gasteiger partial charge >= 0.3 is 0 Å². The maximum absolute atomic E-state index is 12.5. The highest BCUT2D eigenvalue weighted by Crippen LogP contribution is 2.32. The number of rotatable bonds is 7. The zero-order chi connectivity index (χ0) is 20.9. The molecule has 1 fully saturated rings. The summed E-state index contributed by atoms with van der Waals surface area (Å²) in [7, 11) is 0. The number of anilines is 2. The van der Waals surface area contributed by atoms with E-state index in [0.29, 0.717) is 6.61 Å². The number of amides is 1. The van der Waals surface area contributed by atoms with Gasteiger partial charge < -0.3 is 15.0 Å². The highest BCUT2D eigenvalue weighted by Gasteiger charge is 2.19. The number of hydrogen-bond donors (Lipinski definition) is 1. The van der Waals surface area contributed by atoms with Crippen molar-refractivity contribution in [3.63, 3.8) is 0 Å². The fourth-order valence-electron chi connectivity index (χ4n) is 3.73. The molecule has 3 aromatic rings. The van der Waals surface area contributed by atoms with Crippen molar-refractivity contribution < 1.29 is 9.53 Å². The van der Waals surface area contributed by atoms with Crippen LogP contribution >= 0.6 is 11.3 Å². The van der Waals surface area contributed by atoms with Crippen LogP contribution in [0.25, 0.3) is 10.6 Å². The van der Waals surface area contributed by atoms with Crippen LogP contribution in [0.5, 0.6) is 5.75 Å². The Bertz CT molecular complexity index is 1000. The van der Waals surface area contributed by atoms with Gasteiger partial charge in [-0.15, -0.1) is 11.3 Å². The molecular weight excluding hydrogens is 394 g/mol. The van der Waals surface area contributed by atoms with Crippen molar-refractivity contribution in [2.75, 3.05) is 29.9 Å². The van der Waals surface area contributed by atoms with Gasteiger partial charge in [0.15, 0.2) is 0 Å². The van der Waals surface area contributed by atoms with Gasteiger partial charge in [0.1, 0.15) is 10.8 Å². The third-order valence-corrected chi connectivity index (χ3v) is 6.18. The Balaban J connectivity index is 1.37. The van der Waals surface area contributed by atoms with E-state index in [1.54, 1.807) is 0 Å². The van der Waals surface area contributed by atoms with E-state index in [4.69, 9.17) is 4.74 Å². The van der Waals surface area contributed by atoms with E-state index < -0.39 is 0 Å². The monoisotopic (exact) mass is 421 g/mol. The van der Waals surface area contributed by atoms with Gasteiger partial charge in [0, 0.05) is 29.8 Å². The minimum Gasteiger partial charge on any atom is -0.493 e. The molecule has 1 atom stereocenters. The summed E-state index contributed by atoms with van der Waals surface area (Å²) >= 11 is 1.53. The zero-order valence-corrected chi connectivity index (χ0v) is 18.2. The second kappa shape index (κ2) is 9.30. The third-order valence-electron chi connectivity index (χ3n) is 5.25. The zero-order valence-electron chi connectivity index (χ0n) is 17.4. The summed E-state index contributed by atoms with van der Waals surface area (Å²) in [5.74, 6) is 1.50. The van der Waals surface area contributed by atoms with Crippen LogP contribution in [0, 0.1) is 5.92 Å². The van der Waals surface area contributed by atoms with Crippen molar-refractivity contribution in [3.8, 4) is 16.3 Å². The van der Waals surface area contributed by atoms with Crippen molar-refractivity contribution in [3.05, 3.63) is 59.6 Å². The van der Waals surface area contributed by atoms with Gasteiger partial charge in [-0.25, -0.2) is 4.98 Å². The van der Waals surface area contributed by atoms with Crippen molar-refractivity contribution in [2.24, 2.45) is 5.92 Å². The van der Waals surface area contributed by atoms with Crippen LogP contribution in [-0.2, 0) is 11.2 Å². The molecule has 30 heavy (non-hydrogen) atoms. The molecule has 1 saturated heterocycles. The fraction of sp³-hybridized carbons (Fsp3) is 0.333.